The first-order valence-electron chi connectivity index (χ1n) is 10.0. The maximum absolute atomic E-state index is 13.5. The van der Waals surface area contributed by atoms with E-state index in [1.807, 2.05) is 36.4 Å². The van der Waals surface area contributed by atoms with Crippen LogP contribution in [-0.2, 0) is 0 Å². The van der Waals surface area contributed by atoms with Crippen LogP contribution >= 0.6 is 11.6 Å². The molecule has 0 spiro atoms. The maximum atomic E-state index is 13.5. The summed E-state index contributed by atoms with van der Waals surface area (Å²) in [6, 6.07) is 21.1. The molecule has 164 valence electrons. The zero-order chi connectivity index (χ0) is 23.1. The Morgan fingerprint density at radius 1 is 0.939 bits per heavy atom. The van der Waals surface area contributed by atoms with Gasteiger partial charge < -0.3 is 15.5 Å². The van der Waals surface area contributed by atoms with E-state index in [1.54, 1.807) is 41.0 Å². The van der Waals surface area contributed by atoms with E-state index in [1.165, 1.54) is 7.11 Å². The molecule has 2 aromatic carbocycles. The van der Waals surface area contributed by atoms with Gasteiger partial charge in [-0.15, -0.1) is 0 Å². The summed E-state index contributed by atoms with van der Waals surface area (Å²) in [7, 11) is 1.52. The lowest BCUT2D eigenvalue weighted by Gasteiger charge is -2.10. The fourth-order valence-electron chi connectivity index (χ4n) is 3.78. The van der Waals surface area contributed by atoms with Crippen molar-refractivity contribution < 1.29 is 4.74 Å². The van der Waals surface area contributed by atoms with Crippen molar-refractivity contribution in [2.24, 2.45) is 0 Å². The Morgan fingerprint density at radius 2 is 1.70 bits per heavy atom. The number of nitrogens with one attached hydrogen (secondary N) is 1. The van der Waals surface area contributed by atoms with Crippen LogP contribution in [0.4, 0.5) is 5.82 Å². The van der Waals surface area contributed by atoms with Crippen LogP contribution in [0.2, 0.25) is 5.15 Å². The molecule has 9 heteroatoms. The van der Waals surface area contributed by atoms with E-state index in [0.717, 1.165) is 15.8 Å². The number of benzene rings is 2. The average molecular weight is 460 g/mol. The van der Waals surface area contributed by atoms with Crippen LogP contribution in [0.15, 0.2) is 82.4 Å². The average Bonchev–Trinajstić information content (AvgIpc) is 3.15. The number of fused-ring (bicyclic) bond motifs is 1. The van der Waals surface area contributed by atoms with Gasteiger partial charge in [0.2, 0.25) is 0 Å². The third-order valence-electron chi connectivity index (χ3n) is 5.31. The van der Waals surface area contributed by atoms with Gasteiger partial charge in [0.05, 0.1) is 24.0 Å². The zero-order valence-corrected chi connectivity index (χ0v) is 18.2. The summed E-state index contributed by atoms with van der Waals surface area (Å²) in [5.74, 6) is 0.955. The Labute approximate surface area is 192 Å². The lowest BCUT2D eigenvalue weighted by Crippen LogP contribution is -2.34. The summed E-state index contributed by atoms with van der Waals surface area (Å²) in [4.78, 5) is 33.3. The van der Waals surface area contributed by atoms with Crippen molar-refractivity contribution in [2.75, 3.05) is 12.8 Å². The van der Waals surface area contributed by atoms with Crippen LogP contribution < -0.4 is 21.7 Å². The van der Waals surface area contributed by atoms with Gasteiger partial charge in [0.25, 0.3) is 5.56 Å². The van der Waals surface area contributed by atoms with Gasteiger partial charge >= 0.3 is 5.69 Å². The number of nitrogens with zero attached hydrogens (tertiary/aromatic N) is 3. The molecule has 0 aliphatic rings. The number of pyridine rings is 1. The quantitative estimate of drug-likeness (QED) is 0.425. The Bertz CT molecular complexity index is 1620. The van der Waals surface area contributed by atoms with Gasteiger partial charge in [-0.3, -0.25) is 9.36 Å². The summed E-state index contributed by atoms with van der Waals surface area (Å²) < 4.78 is 7.89. The number of methoxy groups -OCH3 is 1. The number of nitrogen functional groups attached to an aromatic ring is 1. The minimum absolute atomic E-state index is 0.247. The van der Waals surface area contributed by atoms with Crippen LogP contribution in [0.3, 0.4) is 0 Å². The number of ether oxygens (including phenoxy) is 1. The summed E-state index contributed by atoms with van der Waals surface area (Å²) in [5.41, 5.74) is 7.94. The van der Waals surface area contributed by atoms with Crippen LogP contribution in [-0.4, -0.2) is 26.2 Å². The molecule has 0 aliphatic carbocycles. The molecule has 0 aliphatic heterocycles. The van der Waals surface area contributed by atoms with E-state index in [0.29, 0.717) is 28.5 Å². The maximum Gasteiger partial charge on any atom is 0.333 e. The molecule has 0 radical (unpaired) electrons. The van der Waals surface area contributed by atoms with E-state index in [9.17, 15) is 9.59 Å². The second-order valence-electron chi connectivity index (χ2n) is 7.33. The number of halogens is 1. The largest absolute Gasteiger partial charge is 0.497 e. The van der Waals surface area contributed by atoms with Gasteiger partial charge in [0.1, 0.15) is 22.2 Å². The number of hydrogen-bond acceptors (Lipinski definition) is 5. The molecule has 0 unspecified atom stereocenters. The van der Waals surface area contributed by atoms with E-state index in [2.05, 4.69) is 9.97 Å². The van der Waals surface area contributed by atoms with Crippen LogP contribution in [0.1, 0.15) is 0 Å². The lowest BCUT2D eigenvalue weighted by atomic mass is 10.1. The Morgan fingerprint density at radius 3 is 2.42 bits per heavy atom. The number of hydrogen-bond donors (Lipinski definition) is 2. The molecule has 5 aromatic rings. The zero-order valence-electron chi connectivity index (χ0n) is 17.4. The van der Waals surface area contributed by atoms with Crippen LogP contribution in [0.25, 0.3) is 33.7 Å². The van der Waals surface area contributed by atoms with Crippen molar-refractivity contribution in [3.8, 4) is 28.4 Å². The first-order chi connectivity index (χ1) is 16.0. The van der Waals surface area contributed by atoms with Crippen molar-refractivity contribution in [3.63, 3.8) is 0 Å². The molecule has 33 heavy (non-hydrogen) atoms. The molecule has 0 bridgehead atoms. The van der Waals surface area contributed by atoms with Gasteiger partial charge in [0.15, 0.2) is 0 Å². The van der Waals surface area contributed by atoms with Gasteiger partial charge in [-0.05, 0) is 42.5 Å². The van der Waals surface area contributed by atoms with Crippen molar-refractivity contribution in [1.82, 2.24) is 19.1 Å². The van der Waals surface area contributed by atoms with Crippen molar-refractivity contribution in [1.29, 1.82) is 0 Å². The Balaban J connectivity index is 1.68. The molecule has 3 N–H and O–H groups in total. The highest BCUT2D eigenvalue weighted by Crippen LogP contribution is 2.27. The third-order valence-corrected chi connectivity index (χ3v) is 5.59. The molecule has 0 amide bonds. The van der Waals surface area contributed by atoms with E-state index >= 15 is 0 Å². The standard InChI is InChI=1S/C24H18ClN5O3/c1-33-17-5-2-4-16(12-17)30-23(31)22-19(28-24(30)32)13-20(25)29(22)15-10-8-14(9-11-15)18-6-3-7-21(26)27-18/h2-13H,1H3,(H2,26,27)(H,28,32). The summed E-state index contributed by atoms with van der Waals surface area (Å²) in [6.45, 7) is 0. The smallest absolute Gasteiger partial charge is 0.333 e. The molecule has 0 fully saturated rings. The molecule has 0 saturated heterocycles. The normalized spacial score (nSPS) is 11.1. The molecule has 0 atom stereocenters. The number of rotatable bonds is 4. The van der Waals surface area contributed by atoms with Crippen LogP contribution in [0.5, 0.6) is 5.75 Å². The Hall–Kier alpha value is -4.30. The highest BCUT2D eigenvalue weighted by Gasteiger charge is 2.18. The summed E-state index contributed by atoms with van der Waals surface area (Å²) in [5, 5.41) is 0.288. The van der Waals surface area contributed by atoms with E-state index < -0.39 is 11.2 Å². The topological polar surface area (TPSA) is 108 Å². The SMILES string of the molecule is COc1cccc(-n2c(=O)[nH]c3cc(Cl)n(-c4ccc(-c5cccc(N)n5)cc4)c3c2=O)c1. The fourth-order valence-corrected chi connectivity index (χ4v) is 4.08. The van der Waals surface area contributed by atoms with Gasteiger partial charge in [-0.25, -0.2) is 14.3 Å². The third kappa shape index (κ3) is 3.56. The van der Waals surface area contributed by atoms with Crippen LogP contribution in [0, 0.1) is 0 Å². The Kier molecular flexibility index (Phi) is 4.99. The molecular weight excluding hydrogens is 442 g/mol. The van der Waals surface area contributed by atoms with Gasteiger partial charge in [-0.1, -0.05) is 35.9 Å². The highest BCUT2D eigenvalue weighted by molar-refractivity contribution is 6.31. The minimum atomic E-state index is -0.572. The second-order valence-corrected chi connectivity index (χ2v) is 7.72. The van der Waals surface area contributed by atoms with Gasteiger partial charge in [-0.2, -0.15) is 0 Å². The first kappa shape index (κ1) is 20.6. The first-order valence-corrected chi connectivity index (χ1v) is 10.4. The fraction of sp³-hybridized carbons (Fsp3) is 0.0417. The molecule has 0 saturated carbocycles. The van der Waals surface area contributed by atoms with Crippen molar-refractivity contribution >= 4 is 28.5 Å². The molecule has 8 nitrogen and oxygen atoms in total. The predicted octanol–water partition coefficient (Wildman–Crippen LogP) is 3.78. The van der Waals surface area contributed by atoms with Crippen molar-refractivity contribution in [2.45, 2.75) is 0 Å². The van der Waals surface area contributed by atoms with E-state index in [-0.39, 0.29) is 10.7 Å². The van der Waals surface area contributed by atoms with Crippen molar-refractivity contribution in [3.05, 3.63) is 98.8 Å². The predicted molar refractivity (Wildman–Crippen MR) is 129 cm³/mol. The number of H-pyrrole nitrogens is 1. The number of anilines is 1. The summed E-state index contributed by atoms with van der Waals surface area (Å²) in [6.07, 6.45) is 0. The number of nitrogens with two attached hydrogens (primary N) is 1. The molecular formula is C24H18ClN5O3. The molecule has 3 heterocycles. The van der Waals surface area contributed by atoms with Gasteiger partial charge in [0, 0.05) is 17.3 Å². The van der Waals surface area contributed by atoms with E-state index in [4.69, 9.17) is 22.1 Å². The summed E-state index contributed by atoms with van der Waals surface area (Å²) >= 11 is 6.49. The number of aromatic nitrogens is 4. The lowest BCUT2D eigenvalue weighted by molar-refractivity contribution is 0.414. The monoisotopic (exact) mass is 459 g/mol. The molecule has 5 rings (SSSR count). The molecule has 3 aromatic heterocycles. The number of aromatic amines is 1. The second kappa shape index (κ2) is 7.99. The minimum Gasteiger partial charge on any atom is -0.497 e. The highest BCUT2D eigenvalue weighted by atomic mass is 35.5.